The fraction of sp³-hybridized carbons (Fsp3) is 0.222. The molecule has 2 heterocycles. The van der Waals surface area contributed by atoms with Crippen molar-refractivity contribution in [3.63, 3.8) is 0 Å². The fourth-order valence-corrected chi connectivity index (χ4v) is 2.89. The van der Waals surface area contributed by atoms with Crippen LogP contribution in [0.15, 0.2) is 36.5 Å². The quantitative estimate of drug-likeness (QED) is 0.806. The molecule has 1 aliphatic rings. The largest absolute Gasteiger partial charge is 0.478 e. The van der Waals surface area contributed by atoms with Gasteiger partial charge in [-0.3, -0.25) is 4.98 Å². The third kappa shape index (κ3) is 3.63. The summed E-state index contributed by atoms with van der Waals surface area (Å²) in [5.74, 6) is -1.57. The maximum atomic E-state index is 14.0. The second-order valence-electron chi connectivity index (χ2n) is 5.68. The molecule has 1 aromatic heterocycles. The van der Waals surface area contributed by atoms with E-state index in [1.54, 1.807) is 13.2 Å². The molecule has 0 saturated heterocycles. The lowest BCUT2D eigenvalue weighted by Crippen LogP contribution is -2.27. The number of hydrogen-bond donors (Lipinski definition) is 2. The van der Waals surface area contributed by atoms with Gasteiger partial charge in [0.1, 0.15) is 5.82 Å². The molecular weight excluding hydrogens is 361 g/mol. The van der Waals surface area contributed by atoms with Gasteiger partial charge < -0.3 is 20.1 Å². The van der Waals surface area contributed by atoms with E-state index in [0.717, 1.165) is 0 Å². The smallest absolute Gasteiger partial charge is 0.335 e. The zero-order valence-corrected chi connectivity index (χ0v) is 14.8. The maximum absolute atomic E-state index is 14.0. The molecule has 0 amide bonds. The summed E-state index contributed by atoms with van der Waals surface area (Å²) in [7, 11) is 1.60. The normalized spacial score (nSPS) is 13.9. The number of methoxy groups -OCH3 is 1. The predicted octanol–water partition coefficient (Wildman–Crippen LogP) is 2.91. The lowest BCUT2D eigenvalue weighted by Gasteiger charge is -2.21. The number of ether oxygens (including phenoxy) is 1. The first-order chi connectivity index (χ1) is 12.5. The van der Waals surface area contributed by atoms with Crippen LogP contribution in [-0.4, -0.2) is 47.9 Å². The zero-order chi connectivity index (χ0) is 18.7. The van der Waals surface area contributed by atoms with Gasteiger partial charge >= 0.3 is 5.97 Å². The Balaban J connectivity index is 2.11. The predicted molar refractivity (Wildman–Crippen MR) is 96.0 cm³/mol. The van der Waals surface area contributed by atoms with Crippen LogP contribution in [0.3, 0.4) is 0 Å². The molecule has 6 nitrogen and oxygen atoms in total. The van der Waals surface area contributed by atoms with Crippen LogP contribution in [-0.2, 0) is 4.74 Å². The van der Waals surface area contributed by atoms with Crippen LogP contribution in [0.25, 0.3) is 11.4 Å². The molecule has 1 aliphatic heterocycles. The number of nitrogens with one attached hydrogen (secondary N) is 1. The average Bonchev–Trinajstić information content (AvgIpc) is 3.06. The van der Waals surface area contributed by atoms with Crippen molar-refractivity contribution in [2.45, 2.75) is 0 Å². The molecule has 0 unspecified atom stereocenters. The number of aromatic carboxylic acids is 1. The second kappa shape index (κ2) is 7.72. The van der Waals surface area contributed by atoms with E-state index in [2.05, 4.69) is 10.3 Å². The Hall–Kier alpha value is -2.64. The first kappa shape index (κ1) is 18.2. The van der Waals surface area contributed by atoms with Gasteiger partial charge in [0.05, 0.1) is 40.9 Å². The summed E-state index contributed by atoms with van der Waals surface area (Å²) >= 11 is 5.80. The Morgan fingerprint density at radius 2 is 2.23 bits per heavy atom. The molecule has 0 bridgehead atoms. The molecule has 8 heteroatoms. The molecule has 26 heavy (non-hydrogen) atoms. The molecule has 136 valence electrons. The highest BCUT2D eigenvalue weighted by Crippen LogP contribution is 2.32. The summed E-state index contributed by atoms with van der Waals surface area (Å²) in [6, 6.07) is 7.47. The Labute approximate surface area is 154 Å². The monoisotopic (exact) mass is 377 g/mol. The van der Waals surface area contributed by atoms with E-state index in [-0.39, 0.29) is 10.6 Å². The highest BCUT2D eigenvalue weighted by atomic mass is 35.5. The van der Waals surface area contributed by atoms with Crippen molar-refractivity contribution in [3.05, 3.63) is 64.2 Å². The SMILES string of the molecule is COCCN1CNC(c2cc(C(=O)O)ccn2)=C1c1ccc(Cl)c(F)c1. The highest BCUT2D eigenvalue weighted by Gasteiger charge is 2.26. The highest BCUT2D eigenvalue weighted by molar-refractivity contribution is 6.30. The summed E-state index contributed by atoms with van der Waals surface area (Å²) in [4.78, 5) is 17.5. The van der Waals surface area contributed by atoms with Crippen LogP contribution in [0.2, 0.25) is 5.02 Å². The Morgan fingerprint density at radius 1 is 1.42 bits per heavy atom. The molecule has 0 radical (unpaired) electrons. The molecule has 2 aromatic rings. The molecule has 1 aromatic carbocycles. The molecule has 0 saturated carbocycles. The number of pyridine rings is 1. The van der Waals surface area contributed by atoms with Crippen molar-refractivity contribution in [3.8, 4) is 0 Å². The Kier molecular flexibility index (Phi) is 5.39. The number of halogens is 2. The van der Waals surface area contributed by atoms with E-state index in [4.69, 9.17) is 16.3 Å². The van der Waals surface area contributed by atoms with E-state index in [9.17, 15) is 14.3 Å². The molecular formula is C18H17ClFN3O3. The summed E-state index contributed by atoms with van der Waals surface area (Å²) < 4.78 is 19.1. The number of nitrogens with zero attached hydrogens (tertiary/aromatic N) is 2. The number of rotatable bonds is 6. The van der Waals surface area contributed by atoms with E-state index in [1.165, 1.54) is 30.5 Å². The second-order valence-corrected chi connectivity index (χ2v) is 6.09. The Morgan fingerprint density at radius 3 is 2.92 bits per heavy atom. The minimum atomic E-state index is -1.04. The third-order valence-electron chi connectivity index (χ3n) is 4.02. The minimum absolute atomic E-state index is 0.0382. The molecule has 0 atom stereocenters. The number of carbonyl (C=O) groups is 1. The van der Waals surface area contributed by atoms with Gasteiger partial charge in [-0.1, -0.05) is 17.7 Å². The van der Waals surface area contributed by atoms with Gasteiger partial charge in [0.15, 0.2) is 0 Å². The van der Waals surface area contributed by atoms with E-state index in [0.29, 0.717) is 42.5 Å². The minimum Gasteiger partial charge on any atom is -0.478 e. The standard InChI is InChI=1S/C18H17ClFN3O3/c1-26-7-6-23-10-22-16(15-9-12(18(24)25)4-5-21-15)17(23)11-2-3-13(19)14(20)8-11/h2-5,8-9,22H,6-7,10H2,1H3,(H,24,25). The number of carboxylic acids is 1. The fourth-order valence-electron chi connectivity index (χ4n) is 2.77. The van der Waals surface area contributed by atoms with Crippen LogP contribution in [0.4, 0.5) is 4.39 Å². The zero-order valence-electron chi connectivity index (χ0n) is 14.0. The third-order valence-corrected chi connectivity index (χ3v) is 4.33. The van der Waals surface area contributed by atoms with Crippen molar-refractivity contribution in [2.24, 2.45) is 0 Å². The molecule has 2 N–H and O–H groups in total. The van der Waals surface area contributed by atoms with Crippen molar-refractivity contribution in [2.75, 3.05) is 26.9 Å². The molecule has 0 fully saturated rings. The van der Waals surface area contributed by atoms with Crippen LogP contribution >= 0.6 is 11.6 Å². The van der Waals surface area contributed by atoms with Crippen molar-refractivity contribution in [1.29, 1.82) is 0 Å². The number of benzene rings is 1. The van der Waals surface area contributed by atoms with Gasteiger partial charge in [0, 0.05) is 25.4 Å². The molecule has 3 rings (SSSR count). The summed E-state index contributed by atoms with van der Waals surface area (Å²) in [5.41, 5.74) is 2.56. The van der Waals surface area contributed by atoms with Crippen molar-refractivity contribution < 1.29 is 19.0 Å². The number of carboxylic acid groups (broad SMARTS) is 1. The lowest BCUT2D eigenvalue weighted by atomic mass is 10.1. The summed E-state index contributed by atoms with van der Waals surface area (Å²) in [6.45, 7) is 1.53. The first-order valence-corrected chi connectivity index (χ1v) is 8.26. The Bertz CT molecular complexity index is 873. The van der Waals surface area contributed by atoms with Crippen LogP contribution in [0.5, 0.6) is 0 Å². The van der Waals surface area contributed by atoms with Crippen LogP contribution in [0, 0.1) is 5.82 Å². The van der Waals surface area contributed by atoms with Gasteiger partial charge in [0.25, 0.3) is 0 Å². The van der Waals surface area contributed by atoms with Gasteiger partial charge in [-0.15, -0.1) is 0 Å². The lowest BCUT2D eigenvalue weighted by molar-refractivity contribution is 0.0696. The van der Waals surface area contributed by atoms with E-state index >= 15 is 0 Å². The summed E-state index contributed by atoms with van der Waals surface area (Å²) in [6.07, 6.45) is 1.44. The first-order valence-electron chi connectivity index (χ1n) is 7.88. The molecule has 0 aliphatic carbocycles. The number of aromatic nitrogens is 1. The average molecular weight is 378 g/mol. The van der Waals surface area contributed by atoms with Crippen molar-refractivity contribution in [1.82, 2.24) is 15.2 Å². The summed E-state index contributed by atoms with van der Waals surface area (Å²) in [5, 5.41) is 12.5. The van der Waals surface area contributed by atoms with Crippen LogP contribution in [0.1, 0.15) is 21.6 Å². The van der Waals surface area contributed by atoms with Gasteiger partial charge in [-0.2, -0.15) is 0 Å². The van der Waals surface area contributed by atoms with Crippen molar-refractivity contribution >= 4 is 29.0 Å². The maximum Gasteiger partial charge on any atom is 0.335 e. The molecule has 0 spiro atoms. The number of hydrogen-bond acceptors (Lipinski definition) is 5. The van der Waals surface area contributed by atoms with E-state index in [1.807, 2.05) is 4.90 Å². The van der Waals surface area contributed by atoms with Crippen LogP contribution < -0.4 is 5.32 Å². The van der Waals surface area contributed by atoms with Gasteiger partial charge in [-0.05, 0) is 24.3 Å². The van der Waals surface area contributed by atoms with Gasteiger partial charge in [-0.25, -0.2) is 9.18 Å². The van der Waals surface area contributed by atoms with Gasteiger partial charge in [0.2, 0.25) is 0 Å². The topological polar surface area (TPSA) is 74.7 Å². The van der Waals surface area contributed by atoms with E-state index < -0.39 is 11.8 Å².